The molecular formula is C21H15ClN6O5. The molecule has 11 nitrogen and oxygen atoms in total. The number of rotatable bonds is 6. The van der Waals surface area contributed by atoms with Gasteiger partial charge >= 0.3 is 0 Å². The first kappa shape index (κ1) is 21.7. The van der Waals surface area contributed by atoms with Gasteiger partial charge in [0.2, 0.25) is 0 Å². The number of carbonyl (C=O) groups excluding carboxylic acids is 2. The molecule has 12 heteroatoms. The average Bonchev–Trinajstić information content (AvgIpc) is 3.46. The first-order valence-electron chi connectivity index (χ1n) is 9.46. The van der Waals surface area contributed by atoms with Crippen molar-refractivity contribution in [3.05, 3.63) is 93.1 Å². The van der Waals surface area contributed by atoms with Crippen molar-refractivity contribution in [2.24, 2.45) is 0 Å². The van der Waals surface area contributed by atoms with Crippen molar-refractivity contribution in [3.8, 4) is 5.69 Å². The molecule has 0 aliphatic rings. The van der Waals surface area contributed by atoms with Crippen LogP contribution in [0.25, 0.3) is 5.69 Å². The number of hydrogen-bond donors (Lipinski definition) is 2. The van der Waals surface area contributed by atoms with Crippen molar-refractivity contribution < 1.29 is 18.9 Å². The largest absolute Gasteiger partial charge is 0.459 e. The minimum Gasteiger partial charge on any atom is -0.459 e. The highest BCUT2D eigenvalue weighted by Gasteiger charge is 2.20. The number of nitro groups is 1. The van der Waals surface area contributed by atoms with Gasteiger partial charge in [0.05, 0.1) is 33.9 Å². The molecule has 0 radical (unpaired) electrons. The Kier molecular flexibility index (Phi) is 5.87. The number of nitro benzene ring substituents is 1. The molecule has 2 heterocycles. The summed E-state index contributed by atoms with van der Waals surface area (Å²) >= 11 is 6.05. The van der Waals surface area contributed by atoms with Crippen LogP contribution in [0.15, 0.2) is 65.3 Å². The molecule has 0 saturated carbocycles. The molecule has 0 fully saturated rings. The number of anilines is 2. The van der Waals surface area contributed by atoms with Gasteiger partial charge in [-0.05, 0) is 43.3 Å². The summed E-state index contributed by atoms with van der Waals surface area (Å²) in [7, 11) is 0. The summed E-state index contributed by atoms with van der Waals surface area (Å²) in [6.07, 6.45) is 1.36. The fourth-order valence-electron chi connectivity index (χ4n) is 3.02. The number of amides is 2. The predicted molar refractivity (Wildman–Crippen MR) is 119 cm³/mol. The van der Waals surface area contributed by atoms with Gasteiger partial charge in [-0.2, -0.15) is 0 Å². The summed E-state index contributed by atoms with van der Waals surface area (Å²) in [6, 6.07) is 13.4. The van der Waals surface area contributed by atoms with Gasteiger partial charge in [-0.25, -0.2) is 4.68 Å². The Labute approximate surface area is 191 Å². The maximum atomic E-state index is 12.9. The number of nitrogens with one attached hydrogen (secondary N) is 2. The Balaban J connectivity index is 1.59. The SMILES string of the molecule is Cc1c(C(=O)Nc2ccc(Cl)cc2NC(=O)c2ccco2)nnn1-c1cccc([N+](=O)[O-])c1. The molecule has 166 valence electrons. The summed E-state index contributed by atoms with van der Waals surface area (Å²) in [6.45, 7) is 1.61. The number of non-ortho nitro benzene ring substituents is 1. The first-order valence-corrected chi connectivity index (χ1v) is 9.84. The summed E-state index contributed by atoms with van der Waals surface area (Å²) in [5, 5.41) is 24.6. The lowest BCUT2D eigenvalue weighted by Gasteiger charge is -2.12. The lowest BCUT2D eigenvalue weighted by atomic mass is 10.2. The Bertz CT molecular complexity index is 1370. The van der Waals surface area contributed by atoms with Crippen molar-refractivity contribution in [2.45, 2.75) is 6.92 Å². The van der Waals surface area contributed by atoms with E-state index in [9.17, 15) is 19.7 Å². The van der Waals surface area contributed by atoms with Gasteiger partial charge in [-0.15, -0.1) is 5.10 Å². The van der Waals surface area contributed by atoms with Crippen LogP contribution in [-0.2, 0) is 0 Å². The molecule has 2 amide bonds. The van der Waals surface area contributed by atoms with Gasteiger partial charge in [0, 0.05) is 17.2 Å². The maximum Gasteiger partial charge on any atom is 0.291 e. The third kappa shape index (κ3) is 4.57. The molecule has 4 aromatic rings. The molecule has 0 spiro atoms. The first-order chi connectivity index (χ1) is 15.8. The third-order valence-electron chi connectivity index (χ3n) is 4.62. The molecule has 2 aromatic carbocycles. The fraction of sp³-hybridized carbons (Fsp3) is 0.0476. The van der Waals surface area contributed by atoms with E-state index in [1.54, 1.807) is 25.1 Å². The second-order valence-corrected chi connectivity index (χ2v) is 7.22. The van der Waals surface area contributed by atoms with Crippen molar-refractivity contribution in [2.75, 3.05) is 10.6 Å². The van der Waals surface area contributed by atoms with Gasteiger partial charge in [0.1, 0.15) is 0 Å². The van der Waals surface area contributed by atoms with Crippen LogP contribution < -0.4 is 10.6 Å². The molecule has 2 N–H and O–H groups in total. The highest BCUT2D eigenvalue weighted by atomic mass is 35.5. The number of nitrogens with zero attached hydrogens (tertiary/aromatic N) is 4. The van der Waals surface area contributed by atoms with E-state index in [2.05, 4.69) is 20.9 Å². The number of hydrogen-bond acceptors (Lipinski definition) is 7. The highest BCUT2D eigenvalue weighted by Crippen LogP contribution is 2.27. The number of benzene rings is 2. The van der Waals surface area contributed by atoms with Crippen molar-refractivity contribution >= 4 is 40.5 Å². The molecule has 0 saturated heterocycles. The molecule has 4 rings (SSSR count). The topological polar surface area (TPSA) is 145 Å². The lowest BCUT2D eigenvalue weighted by molar-refractivity contribution is -0.384. The van der Waals surface area contributed by atoms with E-state index in [-0.39, 0.29) is 28.5 Å². The van der Waals surface area contributed by atoms with Crippen molar-refractivity contribution in [1.82, 2.24) is 15.0 Å². The Morgan fingerprint density at radius 3 is 2.58 bits per heavy atom. The summed E-state index contributed by atoms with van der Waals surface area (Å²) in [4.78, 5) is 35.8. The minimum absolute atomic E-state index is 0.000216. The van der Waals surface area contributed by atoms with Crippen LogP contribution in [0.2, 0.25) is 5.02 Å². The average molecular weight is 467 g/mol. The van der Waals surface area contributed by atoms with Gasteiger partial charge < -0.3 is 15.1 Å². The summed E-state index contributed by atoms with van der Waals surface area (Å²) in [5.41, 5.74) is 1.15. The summed E-state index contributed by atoms with van der Waals surface area (Å²) in [5.74, 6) is -1.03. The highest BCUT2D eigenvalue weighted by molar-refractivity contribution is 6.31. The van der Waals surface area contributed by atoms with E-state index in [0.29, 0.717) is 16.4 Å². The van der Waals surface area contributed by atoms with Crippen molar-refractivity contribution in [3.63, 3.8) is 0 Å². The van der Waals surface area contributed by atoms with E-state index in [4.69, 9.17) is 16.0 Å². The second kappa shape index (κ2) is 8.93. The normalized spacial score (nSPS) is 10.6. The van der Waals surface area contributed by atoms with Crippen LogP contribution in [-0.4, -0.2) is 31.7 Å². The van der Waals surface area contributed by atoms with Gasteiger partial charge in [-0.3, -0.25) is 19.7 Å². The van der Waals surface area contributed by atoms with Crippen LogP contribution >= 0.6 is 11.6 Å². The van der Waals surface area contributed by atoms with Crippen LogP contribution in [0.3, 0.4) is 0 Å². The minimum atomic E-state index is -0.597. The number of furan rings is 1. The van der Waals surface area contributed by atoms with Gasteiger partial charge in [0.15, 0.2) is 11.5 Å². The Hall–Kier alpha value is -4.51. The van der Waals surface area contributed by atoms with Crippen LogP contribution in [0, 0.1) is 17.0 Å². The molecule has 0 bridgehead atoms. The zero-order chi connectivity index (χ0) is 23.5. The third-order valence-corrected chi connectivity index (χ3v) is 4.85. The Morgan fingerprint density at radius 2 is 1.85 bits per heavy atom. The van der Waals surface area contributed by atoms with Crippen LogP contribution in [0.1, 0.15) is 26.7 Å². The number of carbonyl (C=O) groups is 2. The molecule has 33 heavy (non-hydrogen) atoms. The van der Waals surface area contributed by atoms with E-state index in [0.717, 1.165) is 0 Å². The number of halogens is 1. The molecule has 0 aliphatic carbocycles. The van der Waals surface area contributed by atoms with E-state index in [1.807, 2.05) is 0 Å². The molecule has 0 atom stereocenters. The van der Waals surface area contributed by atoms with Crippen LogP contribution in [0.4, 0.5) is 17.1 Å². The smallest absolute Gasteiger partial charge is 0.291 e. The van der Waals surface area contributed by atoms with Crippen molar-refractivity contribution in [1.29, 1.82) is 0 Å². The van der Waals surface area contributed by atoms with Gasteiger partial charge in [0.25, 0.3) is 17.5 Å². The second-order valence-electron chi connectivity index (χ2n) is 6.79. The van der Waals surface area contributed by atoms with Gasteiger partial charge in [-0.1, -0.05) is 22.9 Å². The van der Waals surface area contributed by atoms with E-state index < -0.39 is 16.7 Å². The number of aromatic nitrogens is 3. The standard InChI is InChI=1S/C21H15ClN6O5/c1-12-19(25-26-27(12)14-4-2-5-15(11-14)28(31)32)21(30)23-16-8-7-13(22)10-17(16)24-20(29)18-6-3-9-33-18/h2-11H,1H3,(H,23,30)(H,24,29). The maximum absolute atomic E-state index is 12.9. The summed E-state index contributed by atoms with van der Waals surface area (Å²) < 4.78 is 6.40. The molecule has 0 unspecified atom stereocenters. The monoisotopic (exact) mass is 466 g/mol. The van der Waals surface area contributed by atoms with Crippen LogP contribution in [0.5, 0.6) is 0 Å². The molecular weight excluding hydrogens is 452 g/mol. The zero-order valence-electron chi connectivity index (χ0n) is 17.0. The zero-order valence-corrected chi connectivity index (χ0v) is 17.7. The molecule has 0 aliphatic heterocycles. The van der Waals surface area contributed by atoms with E-state index >= 15 is 0 Å². The predicted octanol–water partition coefficient (Wildman–Crippen LogP) is 4.23. The Morgan fingerprint density at radius 1 is 1.06 bits per heavy atom. The lowest BCUT2D eigenvalue weighted by Crippen LogP contribution is -2.17. The quantitative estimate of drug-likeness (QED) is 0.319. The fourth-order valence-corrected chi connectivity index (χ4v) is 3.20. The van der Waals surface area contributed by atoms with E-state index in [1.165, 1.54) is 47.3 Å². The molecule has 2 aromatic heterocycles.